The second kappa shape index (κ2) is 7.96. The molecule has 0 bridgehead atoms. The Morgan fingerprint density at radius 3 is 2.79 bits per heavy atom. The van der Waals surface area contributed by atoms with Gasteiger partial charge in [0.25, 0.3) is 0 Å². The van der Waals surface area contributed by atoms with Crippen LogP contribution in [0.3, 0.4) is 0 Å². The van der Waals surface area contributed by atoms with Gasteiger partial charge in [-0.3, -0.25) is 5.10 Å². The molecule has 1 aliphatic heterocycles. The van der Waals surface area contributed by atoms with Gasteiger partial charge in [-0.2, -0.15) is 5.10 Å². The van der Waals surface area contributed by atoms with Gasteiger partial charge >= 0.3 is 0 Å². The van der Waals surface area contributed by atoms with Crippen LogP contribution in [0.5, 0.6) is 0 Å². The number of nitrogens with one attached hydrogen (secondary N) is 2. The van der Waals surface area contributed by atoms with E-state index in [0.29, 0.717) is 5.92 Å². The molecule has 0 saturated carbocycles. The van der Waals surface area contributed by atoms with Gasteiger partial charge in [0.15, 0.2) is 5.76 Å². The molecule has 0 radical (unpaired) electrons. The third-order valence-electron chi connectivity index (χ3n) is 4.68. The lowest BCUT2D eigenvalue weighted by atomic mass is 10.1. The highest BCUT2D eigenvalue weighted by molar-refractivity contribution is 5.56. The van der Waals surface area contributed by atoms with Gasteiger partial charge in [0.2, 0.25) is 0 Å². The highest BCUT2D eigenvalue weighted by Gasteiger charge is 2.16. The van der Waals surface area contributed by atoms with Crippen LogP contribution in [-0.4, -0.2) is 66.3 Å². The van der Waals surface area contributed by atoms with Crippen molar-refractivity contribution in [3.8, 4) is 11.5 Å². The van der Waals surface area contributed by atoms with Crippen molar-refractivity contribution in [2.24, 2.45) is 5.92 Å². The predicted octanol–water partition coefficient (Wildman–Crippen LogP) is 1.95. The molecule has 0 amide bonds. The number of aromatic amines is 1. The fourth-order valence-corrected chi connectivity index (χ4v) is 3.22. The van der Waals surface area contributed by atoms with E-state index in [1.54, 1.807) is 0 Å². The maximum atomic E-state index is 5.70. The Morgan fingerprint density at radius 2 is 2.08 bits per heavy atom. The average molecular weight is 331 g/mol. The first kappa shape index (κ1) is 17.2. The van der Waals surface area contributed by atoms with Crippen molar-refractivity contribution in [3.05, 3.63) is 29.7 Å². The van der Waals surface area contributed by atoms with Crippen LogP contribution >= 0.6 is 0 Å². The van der Waals surface area contributed by atoms with Gasteiger partial charge in [-0.15, -0.1) is 0 Å². The number of likely N-dealkylation sites (N-methyl/N-ethyl adjacent to an activating group) is 1. The van der Waals surface area contributed by atoms with Gasteiger partial charge in [-0.05, 0) is 38.6 Å². The van der Waals surface area contributed by atoms with Crippen molar-refractivity contribution in [2.75, 3.05) is 46.3 Å². The molecule has 6 nitrogen and oxygen atoms in total. The van der Waals surface area contributed by atoms with Crippen LogP contribution in [0.1, 0.15) is 18.2 Å². The molecule has 1 aliphatic rings. The van der Waals surface area contributed by atoms with Crippen LogP contribution in [0.15, 0.2) is 22.7 Å². The molecule has 1 atom stereocenters. The highest BCUT2D eigenvalue weighted by Crippen LogP contribution is 2.23. The topological polar surface area (TPSA) is 60.3 Å². The first-order valence-electron chi connectivity index (χ1n) is 8.82. The predicted molar refractivity (Wildman–Crippen MR) is 95.8 cm³/mol. The van der Waals surface area contributed by atoms with Gasteiger partial charge in [0.1, 0.15) is 11.5 Å². The number of rotatable bonds is 7. The first-order chi connectivity index (χ1) is 11.6. The number of H-pyrrole nitrogens is 1. The lowest BCUT2D eigenvalue weighted by Crippen LogP contribution is -2.46. The first-order valence-corrected chi connectivity index (χ1v) is 8.82. The Balaban J connectivity index is 1.44. The average Bonchev–Trinajstić information content (AvgIpc) is 3.18. The van der Waals surface area contributed by atoms with Crippen molar-refractivity contribution < 1.29 is 4.42 Å². The number of aromatic nitrogens is 2. The summed E-state index contributed by atoms with van der Waals surface area (Å²) in [5.74, 6) is 2.40. The minimum atomic E-state index is 0.634. The minimum Gasteiger partial charge on any atom is -0.460 e. The number of aryl methyl sites for hydroxylation is 1. The number of nitrogens with zero attached hydrogens (tertiary/aromatic N) is 3. The molecule has 6 heteroatoms. The Labute approximate surface area is 144 Å². The third kappa shape index (κ3) is 4.47. The number of furan rings is 1. The van der Waals surface area contributed by atoms with Crippen molar-refractivity contribution in [1.29, 1.82) is 0 Å². The standard InChI is InChI=1S/C18H29N5O/c1-14(13-23-8-6-22(3)7-9-23)10-19-11-16-12-20-21-18(16)17-5-4-15(2)24-17/h4-5,12,14,19H,6-11,13H2,1-3H3,(H,20,21). The summed E-state index contributed by atoms with van der Waals surface area (Å²) < 4.78 is 5.70. The molecule has 2 aromatic rings. The Bertz CT molecular complexity index is 627. The summed E-state index contributed by atoms with van der Waals surface area (Å²) in [6.45, 7) is 12.0. The summed E-state index contributed by atoms with van der Waals surface area (Å²) in [6.07, 6.45) is 1.88. The second-order valence-electron chi connectivity index (χ2n) is 7.02. The summed E-state index contributed by atoms with van der Waals surface area (Å²) in [5.41, 5.74) is 2.12. The molecule has 24 heavy (non-hydrogen) atoms. The Kier molecular flexibility index (Phi) is 5.71. The fourth-order valence-electron chi connectivity index (χ4n) is 3.22. The smallest absolute Gasteiger partial charge is 0.152 e. The Morgan fingerprint density at radius 1 is 1.29 bits per heavy atom. The Hall–Kier alpha value is -1.63. The van der Waals surface area contributed by atoms with E-state index in [-0.39, 0.29) is 0 Å². The van der Waals surface area contributed by atoms with Gasteiger partial charge in [0, 0.05) is 44.8 Å². The second-order valence-corrected chi connectivity index (χ2v) is 7.02. The van der Waals surface area contributed by atoms with Crippen LogP contribution < -0.4 is 5.32 Å². The highest BCUT2D eigenvalue weighted by atomic mass is 16.3. The summed E-state index contributed by atoms with van der Waals surface area (Å²) in [4.78, 5) is 4.97. The number of hydrogen-bond acceptors (Lipinski definition) is 5. The number of hydrogen-bond donors (Lipinski definition) is 2. The molecule has 3 rings (SSSR count). The molecule has 2 aromatic heterocycles. The molecule has 0 aliphatic carbocycles. The summed E-state index contributed by atoms with van der Waals surface area (Å²) in [6, 6.07) is 3.97. The van der Waals surface area contributed by atoms with E-state index in [1.165, 1.54) is 26.2 Å². The van der Waals surface area contributed by atoms with E-state index in [2.05, 4.69) is 39.3 Å². The van der Waals surface area contributed by atoms with E-state index in [4.69, 9.17) is 4.42 Å². The molecule has 3 heterocycles. The van der Waals surface area contributed by atoms with Crippen LogP contribution in [0.4, 0.5) is 0 Å². The zero-order valence-corrected chi connectivity index (χ0v) is 15.0. The zero-order chi connectivity index (χ0) is 16.9. The van der Waals surface area contributed by atoms with E-state index in [9.17, 15) is 0 Å². The summed E-state index contributed by atoms with van der Waals surface area (Å²) in [5, 5.41) is 10.8. The van der Waals surface area contributed by atoms with Crippen molar-refractivity contribution in [2.45, 2.75) is 20.4 Å². The van der Waals surface area contributed by atoms with Crippen molar-refractivity contribution in [3.63, 3.8) is 0 Å². The van der Waals surface area contributed by atoms with E-state index < -0.39 is 0 Å². The lowest BCUT2D eigenvalue weighted by molar-refractivity contribution is 0.138. The van der Waals surface area contributed by atoms with E-state index in [1.807, 2.05) is 25.3 Å². The van der Waals surface area contributed by atoms with Gasteiger partial charge < -0.3 is 19.5 Å². The van der Waals surface area contributed by atoms with Crippen LogP contribution in [0, 0.1) is 12.8 Å². The summed E-state index contributed by atoms with van der Waals surface area (Å²) in [7, 11) is 2.20. The quantitative estimate of drug-likeness (QED) is 0.812. The largest absolute Gasteiger partial charge is 0.460 e. The molecule has 132 valence electrons. The van der Waals surface area contributed by atoms with Crippen LogP contribution in [-0.2, 0) is 6.54 Å². The maximum Gasteiger partial charge on any atom is 0.152 e. The third-order valence-corrected chi connectivity index (χ3v) is 4.68. The molecule has 2 N–H and O–H groups in total. The molecule has 0 aromatic carbocycles. The van der Waals surface area contributed by atoms with Gasteiger partial charge in [-0.25, -0.2) is 0 Å². The monoisotopic (exact) mass is 331 g/mol. The van der Waals surface area contributed by atoms with Gasteiger partial charge in [0.05, 0.1) is 6.20 Å². The van der Waals surface area contributed by atoms with Crippen molar-refractivity contribution >= 4 is 0 Å². The normalized spacial score (nSPS) is 18.1. The van der Waals surface area contributed by atoms with Gasteiger partial charge in [-0.1, -0.05) is 6.92 Å². The molecular formula is C18H29N5O. The lowest BCUT2D eigenvalue weighted by Gasteiger charge is -2.34. The van der Waals surface area contributed by atoms with Crippen LogP contribution in [0.25, 0.3) is 11.5 Å². The minimum absolute atomic E-state index is 0.634. The molecule has 0 spiro atoms. The molecular weight excluding hydrogens is 302 g/mol. The molecule has 1 unspecified atom stereocenters. The maximum absolute atomic E-state index is 5.70. The molecule has 1 saturated heterocycles. The number of piperazine rings is 1. The fraction of sp³-hybridized carbons (Fsp3) is 0.611. The SMILES string of the molecule is Cc1ccc(-c2[nH]ncc2CNCC(C)CN2CCN(C)CC2)o1. The van der Waals surface area contributed by atoms with E-state index >= 15 is 0 Å². The van der Waals surface area contributed by atoms with Crippen LogP contribution in [0.2, 0.25) is 0 Å². The van der Waals surface area contributed by atoms with Crippen molar-refractivity contribution in [1.82, 2.24) is 25.3 Å². The summed E-state index contributed by atoms with van der Waals surface area (Å²) >= 11 is 0. The molecule has 1 fully saturated rings. The zero-order valence-electron chi connectivity index (χ0n) is 15.0. The van der Waals surface area contributed by atoms with E-state index in [0.717, 1.165) is 42.4 Å².